The Kier molecular flexibility index (Phi) is 7.10. The zero-order valence-electron chi connectivity index (χ0n) is 16.9. The molecule has 0 saturated carbocycles. The summed E-state index contributed by atoms with van der Waals surface area (Å²) in [6.07, 6.45) is 0.843. The first-order valence-electron chi connectivity index (χ1n) is 9.17. The highest BCUT2D eigenvalue weighted by Crippen LogP contribution is 2.37. The first-order chi connectivity index (χ1) is 13.9. The third kappa shape index (κ3) is 5.07. The van der Waals surface area contributed by atoms with Crippen molar-refractivity contribution < 1.29 is 14.3 Å². The highest BCUT2D eigenvalue weighted by atomic mass is 79.9. The van der Waals surface area contributed by atoms with Crippen LogP contribution in [0.25, 0.3) is 10.2 Å². The lowest BCUT2D eigenvalue weighted by Gasteiger charge is -2.21. The third-order valence-electron chi connectivity index (χ3n) is 4.42. The van der Waals surface area contributed by atoms with Gasteiger partial charge in [0, 0.05) is 28.7 Å². The minimum atomic E-state index is -0.0666. The van der Waals surface area contributed by atoms with E-state index < -0.39 is 0 Å². The first kappa shape index (κ1) is 21.5. The minimum Gasteiger partial charge on any atom is -0.493 e. The van der Waals surface area contributed by atoms with Crippen LogP contribution in [0.3, 0.4) is 0 Å². The Morgan fingerprint density at radius 1 is 1.10 bits per heavy atom. The molecule has 0 bridgehead atoms. The number of thiazole rings is 1. The number of hydrogen-bond acceptors (Lipinski definition) is 6. The van der Waals surface area contributed by atoms with Crippen LogP contribution < -0.4 is 14.4 Å². The molecule has 0 fully saturated rings. The molecule has 3 rings (SSSR count). The summed E-state index contributed by atoms with van der Waals surface area (Å²) in [7, 11) is 7.25. The Morgan fingerprint density at radius 2 is 1.83 bits per heavy atom. The number of anilines is 1. The molecule has 1 heterocycles. The van der Waals surface area contributed by atoms with Gasteiger partial charge in [0.2, 0.25) is 0 Å². The molecule has 0 spiro atoms. The predicted molar refractivity (Wildman–Crippen MR) is 122 cm³/mol. The summed E-state index contributed by atoms with van der Waals surface area (Å²) >= 11 is 4.92. The molecule has 0 aliphatic heterocycles. The van der Waals surface area contributed by atoms with Gasteiger partial charge in [-0.25, -0.2) is 4.98 Å². The topological polar surface area (TPSA) is 54.9 Å². The largest absolute Gasteiger partial charge is 0.493 e. The van der Waals surface area contributed by atoms with Gasteiger partial charge in [-0.1, -0.05) is 33.3 Å². The van der Waals surface area contributed by atoms with E-state index in [-0.39, 0.29) is 5.91 Å². The van der Waals surface area contributed by atoms with Crippen molar-refractivity contribution >= 4 is 48.5 Å². The predicted octanol–water partition coefficient (Wildman–Crippen LogP) is 4.67. The molecule has 3 aromatic rings. The van der Waals surface area contributed by atoms with Gasteiger partial charge >= 0.3 is 0 Å². The molecule has 0 unspecified atom stereocenters. The number of hydrogen-bond donors (Lipinski definition) is 0. The summed E-state index contributed by atoms with van der Waals surface area (Å²) in [4.78, 5) is 21.9. The van der Waals surface area contributed by atoms with E-state index in [0.717, 1.165) is 27.7 Å². The van der Waals surface area contributed by atoms with Gasteiger partial charge in [0.25, 0.3) is 5.91 Å². The van der Waals surface area contributed by atoms with E-state index >= 15 is 0 Å². The van der Waals surface area contributed by atoms with E-state index in [4.69, 9.17) is 14.5 Å². The smallest absolute Gasteiger partial charge is 0.260 e. The Balaban J connectivity index is 1.99. The average molecular weight is 478 g/mol. The van der Waals surface area contributed by atoms with Crippen molar-refractivity contribution in [2.45, 2.75) is 6.42 Å². The van der Waals surface area contributed by atoms with Crippen molar-refractivity contribution in [3.63, 3.8) is 0 Å². The van der Waals surface area contributed by atoms with Gasteiger partial charge in [-0.05, 0) is 45.3 Å². The van der Waals surface area contributed by atoms with Crippen LogP contribution in [0.15, 0.2) is 40.9 Å². The van der Waals surface area contributed by atoms with Crippen LogP contribution >= 0.6 is 27.3 Å². The van der Waals surface area contributed by atoms with E-state index in [1.165, 1.54) is 11.3 Å². The molecule has 0 atom stereocenters. The van der Waals surface area contributed by atoms with Crippen LogP contribution in [0.5, 0.6) is 11.5 Å². The summed E-state index contributed by atoms with van der Waals surface area (Å²) in [6.45, 7) is 1.46. The third-order valence-corrected chi connectivity index (χ3v) is 5.95. The molecule has 0 aliphatic rings. The molecule has 8 heteroatoms. The van der Waals surface area contributed by atoms with Crippen molar-refractivity contribution in [3.05, 3.63) is 46.4 Å². The molecule has 1 amide bonds. The second-order valence-corrected chi connectivity index (χ2v) is 8.72. The number of methoxy groups -OCH3 is 2. The summed E-state index contributed by atoms with van der Waals surface area (Å²) < 4.78 is 12.6. The monoisotopic (exact) mass is 477 g/mol. The van der Waals surface area contributed by atoms with E-state index in [0.29, 0.717) is 28.7 Å². The lowest BCUT2D eigenvalue weighted by atomic mass is 10.2. The van der Waals surface area contributed by atoms with Crippen molar-refractivity contribution in [1.29, 1.82) is 0 Å². The normalized spacial score (nSPS) is 11.1. The number of fused-ring (bicyclic) bond motifs is 1. The number of halogens is 1. The van der Waals surface area contributed by atoms with Crippen LogP contribution in [0.2, 0.25) is 0 Å². The number of carbonyl (C=O) groups excluding carboxylic acids is 1. The fraction of sp³-hybridized carbons (Fsp3) is 0.333. The fourth-order valence-electron chi connectivity index (χ4n) is 2.96. The van der Waals surface area contributed by atoms with Crippen molar-refractivity contribution in [3.8, 4) is 11.5 Å². The van der Waals surface area contributed by atoms with Gasteiger partial charge < -0.3 is 14.4 Å². The van der Waals surface area contributed by atoms with Crippen molar-refractivity contribution in [2.75, 3.05) is 46.3 Å². The van der Waals surface area contributed by atoms with Crippen molar-refractivity contribution in [2.24, 2.45) is 0 Å². The first-order valence-corrected chi connectivity index (χ1v) is 10.8. The Morgan fingerprint density at radius 3 is 2.48 bits per heavy atom. The number of carbonyl (C=O) groups is 1. The van der Waals surface area contributed by atoms with E-state index in [2.05, 4.69) is 20.8 Å². The van der Waals surface area contributed by atoms with E-state index in [1.54, 1.807) is 19.1 Å². The molecule has 29 heavy (non-hydrogen) atoms. The number of rotatable bonds is 8. The van der Waals surface area contributed by atoms with Gasteiger partial charge in [0.1, 0.15) is 0 Å². The number of nitrogens with zero attached hydrogens (tertiary/aromatic N) is 3. The van der Waals surface area contributed by atoms with Gasteiger partial charge in [0.15, 0.2) is 16.6 Å². The summed E-state index contributed by atoms with van der Waals surface area (Å²) in [5, 5.41) is 0.666. The molecule has 0 radical (unpaired) electrons. The number of aromatic nitrogens is 1. The van der Waals surface area contributed by atoms with Crippen LogP contribution in [-0.4, -0.2) is 57.2 Å². The van der Waals surface area contributed by atoms with Gasteiger partial charge in [-0.3, -0.25) is 9.69 Å². The van der Waals surface area contributed by atoms with Crippen molar-refractivity contribution in [1.82, 2.24) is 9.88 Å². The average Bonchev–Trinajstić information content (AvgIpc) is 3.11. The molecule has 1 aromatic heterocycles. The molecule has 0 aliphatic carbocycles. The summed E-state index contributed by atoms with van der Waals surface area (Å²) in [6, 6.07) is 11.2. The zero-order chi connectivity index (χ0) is 21.0. The highest BCUT2D eigenvalue weighted by Gasteiger charge is 2.22. The SMILES string of the molecule is COc1cc2nc(N(CCCN(C)C)C(=O)c3cccc(Br)c3)sc2cc1OC. The lowest BCUT2D eigenvalue weighted by molar-refractivity contribution is 0.0986. The lowest BCUT2D eigenvalue weighted by Crippen LogP contribution is -2.33. The summed E-state index contributed by atoms with van der Waals surface area (Å²) in [5.74, 6) is 1.20. The summed E-state index contributed by atoms with van der Waals surface area (Å²) in [5.41, 5.74) is 1.40. The standard InChI is InChI=1S/C21H24BrN3O3S/c1-24(2)9-6-10-25(20(26)14-7-5-8-15(22)11-14)21-23-16-12-17(27-3)18(28-4)13-19(16)29-21/h5,7-8,11-13H,6,9-10H2,1-4H3. The molecule has 2 aromatic carbocycles. The van der Waals surface area contributed by atoms with Gasteiger partial charge in [-0.15, -0.1) is 0 Å². The van der Waals surface area contributed by atoms with Gasteiger partial charge in [-0.2, -0.15) is 0 Å². The maximum absolute atomic E-state index is 13.3. The molecular formula is C21H24BrN3O3S. The zero-order valence-corrected chi connectivity index (χ0v) is 19.3. The van der Waals surface area contributed by atoms with Crippen LogP contribution in [0.1, 0.15) is 16.8 Å². The molecule has 154 valence electrons. The Bertz CT molecular complexity index is 965. The molecular weight excluding hydrogens is 454 g/mol. The second-order valence-electron chi connectivity index (χ2n) is 6.80. The molecule has 0 saturated heterocycles. The van der Waals surface area contributed by atoms with E-state index in [9.17, 15) is 4.79 Å². The maximum atomic E-state index is 13.3. The van der Waals surface area contributed by atoms with Crippen LogP contribution in [0.4, 0.5) is 5.13 Å². The number of amides is 1. The number of ether oxygens (including phenoxy) is 2. The minimum absolute atomic E-state index is 0.0666. The molecule has 6 nitrogen and oxygen atoms in total. The van der Waals surface area contributed by atoms with E-state index in [1.807, 2.05) is 50.5 Å². The Labute approximate surface area is 183 Å². The maximum Gasteiger partial charge on any atom is 0.260 e. The van der Waals surface area contributed by atoms with Gasteiger partial charge in [0.05, 0.1) is 24.4 Å². The fourth-order valence-corrected chi connectivity index (χ4v) is 4.36. The van der Waals surface area contributed by atoms with Crippen LogP contribution in [0, 0.1) is 0 Å². The Hall–Kier alpha value is -2.16. The quantitative estimate of drug-likeness (QED) is 0.471. The van der Waals surface area contributed by atoms with Crippen LogP contribution in [-0.2, 0) is 0 Å². The number of benzene rings is 2. The molecule has 0 N–H and O–H groups in total. The second kappa shape index (κ2) is 9.56. The highest BCUT2D eigenvalue weighted by molar-refractivity contribution is 9.10.